The average Bonchev–Trinajstić information content (AvgIpc) is 2.97. The molecule has 1 fully saturated rings. The molecule has 3 heteroatoms. The summed E-state index contributed by atoms with van der Waals surface area (Å²) in [6.07, 6.45) is 6.90. The van der Waals surface area contributed by atoms with Crippen LogP contribution in [-0.2, 0) is 6.54 Å². The molecule has 1 aliphatic rings. The first-order valence-corrected chi connectivity index (χ1v) is 7.99. The fraction of sp³-hybridized carbons (Fsp3) is 0.438. The smallest absolute Gasteiger partial charge is 0.107 e. The highest BCUT2D eigenvalue weighted by molar-refractivity contribution is 7.09. The molecule has 19 heavy (non-hydrogen) atoms. The second-order valence-corrected chi connectivity index (χ2v) is 6.23. The molecule has 0 radical (unpaired) electrons. The first-order valence-electron chi connectivity index (χ1n) is 7.11. The van der Waals surface area contributed by atoms with Crippen LogP contribution in [0.5, 0.6) is 0 Å². The first kappa shape index (κ1) is 12.8. The van der Waals surface area contributed by atoms with Crippen LogP contribution in [0.1, 0.15) is 48.6 Å². The fourth-order valence-electron chi connectivity index (χ4n) is 2.90. The number of thiazole rings is 1. The van der Waals surface area contributed by atoms with Crippen LogP contribution in [0.25, 0.3) is 11.3 Å². The van der Waals surface area contributed by atoms with Crippen molar-refractivity contribution >= 4 is 11.3 Å². The molecule has 0 atom stereocenters. The van der Waals surface area contributed by atoms with E-state index in [1.165, 1.54) is 43.2 Å². The molecule has 3 rings (SSSR count). The summed E-state index contributed by atoms with van der Waals surface area (Å²) >= 11 is 1.64. The van der Waals surface area contributed by atoms with Crippen LogP contribution in [-0.4, -0.2) is 4.98 Å². The fourth-order valence-corrected chi connectivity index (χ4v) is 3.58. The molecule has 1 aliphatic carbocycles. The van der Waals surface area contributed by atoms with Gasteiger partial charge in [-0.2, -0.15) is 0 Å². The van der Waals surface area contributed by atoms with E-state index in [1.54, 1.807) is 11.3 Å². The van der Waals surface area contributed by atoms with Crippen molar-refractivity contribution in [3.63, 3.8) is 0 Å². The Morgan fingerprint density at radius 1 is 1.11 bits per heavy atom. The molecule has 1 aromatic heterocycles. The Morgan fingerprint density at radius 3 is 2.47 bits per heavy atom. The Kier molecular flexibility index (Phi) is 3.95. The molecule has 2 nitrogen and oxygen atoms in total. The number of rotatable bonds is 3. The normalized spacial score (nSPS) is 16.7. The summed E-state index contributed by atoms with van der Waals surface area (Å²) in [5.74, 6) is 0.776. The van der Waals surface area contributed by atoms with Gasteiger partial charge in [-0.15, -0.1) is 11.3 Å². The predicted molar refractivity (Wildman–Crippen MR) is 81.3 cm³/mol. The number of benzene rings is 1. The van der Waals surface area contributed by atoms with E-state index in [-0.39, 0.29) is 0 Å². The van der Waals surface area contributed by atoms with Gasteiger partial charge in [-0.3, -0.25) is 0 Å². The van der Waals surface area contributed by atoms with Crippen LogP contribution < -0.4 is 5.73 Å². The van der Waals surface area contributed by atoms with Gasteiger partial charge in [-0.1, -0.05) is 43.5 Å². The predicted octanol–water partition coefficient (Wildman–Crippen LogP) is 4.32. The third kappa shape index (κ3) is 2.88. The maximum absolute atomic E-state index is 5.61. The van der Waals surface area contributed by atoms with Gasteiger partial charge in [-0.05, 0) is 24.3 Å². The largest absolute Gasteiger partial charge is 0.325 e. The Hall–Kier alpha value is -1.19. The molecule has 0 aliphatic heterocycles. The zero-order chi connectivity index (χ0) is 13.1. The second kappa shape index (κ2) is 5.85. The highest BCUT2D eigenvalue weighted by atomic mass is 32.1. The Balaban J connectivity index is 1.78. The van der Waals surface area contributed by atoms with Gasteiger partial charge in [0.2, 0.25) is 0 Å². The number of nitrogens with zero attached hydrogens (tertiary/aromatic N) is 1. The van der Waals surface area contributed by atoms with E-state index in [0.29, 0.717) is 6.54 Å². The minimum absolute atomic E-state index is 0.533. The van der Waals surface area contributed by atoms with Crippen LogP contribution in [0.3, 0.4) is 0 Å². The highest BCUT2D eigenvalue weighted by Crippen LogP contribution is 2.33. The molecule has 2 aromatic rings. The molecule has 0 saturated heterocycles. The van der Waals surface area contributed by atoms with Crippen LogP contribution in [0.15, 0.2) is 29.6 Å². The molecule has 0 bridgehead atoms. The Bertz CT molecular complexity index is 524. The third-order valence-electron chi connectivity index (χ3n) is 4.01. The van der Waals surface area contributed by atoms with E-state index in [9.17, 15) is 0 Å². The maximum Gasteiger partial charge on any atom is 0.107 e. The molecule has 0 amide bonds. The number of nitrogens with two attached hydrogens (primary N) is 1. The number of aromatic nitrogens is 1. The zero-order valence-corrected chi connectivity index (χ0v) is 12.0. The van der Waals surface area contributed by atoms with Crippen LogP contribution >= 0.6 is 11.3 Å². The lowest BCUT2D eigenvalue weighted by molar-refractivity contribution is 0.443. The molecular formula is C16H20N2S. The van der Waals surface area contributed by atoms with E-state index in [4.69, 9.17) is 5.73 Å². The SMILES string of the molecule is NCc1nc(-c2ccc(C3CCCCC3)cc2)cs1. The summed E-state index contributed by atoms with van der Waals surface area (Å²) in [6.45, 7) is 0.533. The van der Waals surface area contributed by atoms with Gasteiger partial charge in [-0.25, -0.2) is 4.98 Å². The van der Waals surface area contributed by atoms with Crippen LogP contribution in [0.2, 0.25) is 0 Å². The molecule has 0 spiro atoms. The van der Waals surface area contributed by atoms with Gasteiger partial charge in [0.05, 0.1) is 5.69 Å². The molecule has 2 N–H and O–H groups in total. The average molecular weight is 272 g/mol. The Morgan fingerprint density at radius 2 is 1.84 bits per heavy atom. The highest BCUT2D eigenvalue weighted by Gasteiger charge is 2.15. The number of hydrogen-bond acceptors (Lipinski definition) is 3. The maximum atomic E-state index is 5.61. The van der Waals surface area contributed by atoms with E-state index < -0.39 is 0 Å². The van der Waals surface area contributed by atoms with Crippen molar-refractivity contribution in [2.24, 2.45) is 5.73 Å². The lowest BCUT2D eigenvalue weighted by Crippen LogP contribution is -2.04. The lowest BCUT2D eigenvalue weighted by atomic mass is 9.84. The van der Waals surface area contributed by atoms with Gasteiger partial charge < -0.3 is 5.73 Å². The van der Waals surface area contributed by atoms with Crippen molar-refractivity contribution in [2.75, 3.05) is 0 Å². The van der Waals surface area contributed by atoms with Gasteiger partial charge in [0.25, 0.3) is 0 Å². The topological polar surface area (TPSA) is 38.9 Å². The molecule has 100 valence electrons. The first-order chi connectivity index (χ1) is 9.36. The van der Waals surface area contributed by atoms with Crippen molar-refractivity contribution in [3.8, 4) is 11.3 Å². The van der Waals surface area contributed by atoms with Crippen molar-refractivity contribution in [1.82, 2.24) is 4.98 Å². The summed E-state index contributed by atoms with van der Waals surface area (Å²) < 4.78 is 0. The molecule has 1 saturated carbocycles. The monoisotopic (exact) mass is 272 g/mol. The van der Waals surface area contributed by atoms with Gasteiger partial charge in [0, 0.05) is 17.5 Å². The Labute approximate surface area is 118 Å². The van der Waals surface area contributed by atoms with Crippen molar-refractivity contribution in [3.05, 3.63) is 40.2 Å². The quantitative estimate of drug-likeness (QED) is 0.904. The van der Waals surface area contributed by atoms with E-state index >= 15 is 0 Å². The molecule has 0 unspecified atom stereocenters. The van der Waals surface area contributed by atoms with Crippen molar-refractivity contribution in [1.29, 1.82) is 0 Å². The lowest BCUT2D eigenvalue weighted by Gasteiger charge is -2.22. The minimum Gasteiger partial charge on any atom is -0.325 e. The van der Waals surface area contributed by atoms with E-state index in [2.05, 4.69) is 34.6 Å². The number of hydrogen-bond donors (Lipinski definition) is 1. The summed E-state index contributed by atoms with van der Waals surface area (Å²) in [4.78, 5) is 4.53. The van der Waals surface area contributed by atoms with Crippen molar-refractivity contribution < 1.29 is 0 Å². The standard InChI is InChI=1S/C16H20N2S/c17-10-16-18-15(11-19-16)14-8-6-13(7-9-14)12-4-2-1-3-5-12/h6-9,11-12H,1-5,10,17H2. The van der Waals surface area contributed by atoms with Crippen molar-refractivity contribution in [2.45, 2.75) is 44.6 Å². The second-order valence-electron chi connectivity index (χ2n) is 5.29. The summed E-state index contributed by atoms with van der Waals surface area (Å²) in [5, 5.41) is 3.10. The minimum atomic E-state index is 0.533. The van der Waals surface area contributed by atoms with E-state index in [1.807, 2.05) is 0 Å². The zero-order valence-electron chi connectivity index (χ0n) is 11.1. The van der Waals surface area contributed by atoms with Crippen LogP contribution in [0, 0.1) is 0 Å². The molecular weight excluding hydrogens is 252 g/mol. The van der Waals surface area contributed by atoms with Gasteiger partial charge in [0.15, 0.2) is 0 Å². The third-order valence-corrected chi connectivity index (χ3v) is 4.88. The summed E-state index contributed by atoms with van der Waals surface area (Å²) in [7, 11) is 0. The van der Waals surface area contributed by atoms with Crippen LogP contribution in [0.4, 0.5) is 0 Å². The molecule has 1 aromatic carbocycles. The summed E-state index contributed by atoms with van der Waals surface area (Å²) in [6, 6.07) is 8.98. The summed E-state index contributed by atoms with van der Waals surface area (Å²) in [5.41, 5.74) is 9.37. The van der Waals surface area contributed by atoms with Gasteiger partial charge >= 0.3 is 0 Å². The van der Waals surface area contributed by atoms with E-state index in [0.717, 1.165) is 16.6 Å². The molecule has 1 heterocycles. The van der Waals surface area contributed by atoms with Gasteiger partial charge in [0.1, 0.15) is 5.01 Å².